The van der Waals surface area contributed by atoms with Crippen molar-refractivity contribution in [1.29, 1.82) is 0 Å². The van der Waals surface area contributed by atoms with E-state index < -0.39 is 0 Å². The highest BCUT2D eigenvalue weighted by Gasteiger charge is 2.25. The van der Waals surface area contributed by atoms with Gasteiger partial charge in [0.1, 0.15) is 6.61 Å². The fourth-order valence-electron chi connectivity index (χ4n) is 2.47. The van der Waals surface area contributed by atoms with Crippen molar-refractivity contribution in [3.63, 3.8) is 0 Å². The molecular weight excluding hydrogens is 294 g/mol. The van der Waals surface area contributed by atoms with Gasteiger partial charge in [-0.1, -0.05) is 0 Å². The first-order valence-electron chi connectivity index (χ1n) is 8.58. The molecule has 23 heavy (non-hydrogen) atoms. The predicted molar refractivity (Wildman–Crippen MR) is 92.8 cm³/mol. The van der Waals surface area contributed by atoms with Gasteiger partial charge in [0.05, 0.1) is 13.2 Å². The fourth-order valence-corrected chi connectivity index (χ4v) is 2.47. The Morgan fingerprint density at radius 1 is 0.957 bits per heavy atom. The molecule has 0 saturated carbocycles. The zero-order chi connectivity index (χ0) is 17.5. The maximum Gasteiger partial charge on any atom is 0.407 e. The van der Waals surface area contributed by atoms with Gasteiger partial charge in [-0.05, 0) is 41.5 Å². The molecule has 0 spiro atoms. The van der Waals surface area contributed by atoms with E-state index in [-0.39, 0.29) is 17.2 Å². The number of amides is 1. The summed E-state index contributed by atoms with van der Waals surface area (Å²) in [5.74, 6) is 0. The monoisotopic (exact) mass is 329 g/mol. The number of alkyl carbamates (subject to hydrolysis) is 1. The van der Waals surface area contributed by atoms with Crippen molar-refractivity contribution in [2.45, 2.75) is 52.6 Å². The lowest BCUT2D eigenvalue weighted by molar-refractivity contribution is 0.0307. The van der Waals surface area contributed by atoms with Crippen LogP contribution >= 0.6 is 0 Å². The second-order valence-electron chi connectivity index (χ2n) is 8.12. The predicted octanol–water partition coefficient (Wildman–Crippen LogP) is 1.94. The molecule has 1 N–H and O–H groups in total. The molecule has 136 valence electrons. The van der Waals surface area contributed by atoms with Crippen LogP contribution < -0.4 is 5.32 Å². The van der Waals surface area contributed by atoms with Crippen LogP contribution in [0.5, 0.6) is 0 Å². The Balaban J connectivity index is 2.01. The number of hydrogen-bond donors (Lipinski definition) is 1. The zero-order valence-electron chi connectivity index (χ0n) is 15.8. The van der Waals surface area contributed by atoms with E-state index in [1.54, 1.807) is 0 Å². The Bertz CT molecular complexity index is 353. The molecule has 0 unspecified atom stereocenters. The van der Waals surface area contributed by atoms with Crippen LogP contribution in [0.4, 0.5) is 4.79 Å². The molecule has 1 rings (SSSR count). The van der Waals surface area contributed by atoms with Gasteiger partial charge >= 0.3 is 6.09 Å². The standard InChI is InChI=1S/C17H35N3O3/c1-16(2,3)18-15(21)23-14-13-22-12-11-19-7-9-20(10-8-19)17(4,5)6/h7-14H2,1-6H3,(H,18,21). The maximum atomic E-state index is 11.4. The lowest BCUT2D eigenvalue weighted by atomic mass is 10.1. The molecule has 0 aliphatic carbocycles. The first-order chi connectivity index (χ1) is 10.6. The topological polar surface area (TPSA) is 54.0 Å². The van der Waals surface area contributed by atoms with E-state index in [1.165, 1.54) is 0 Å². The summed E-state index contributed by atoms with van der Waals surface area (Å²) in [6, 6.07) is 0. The van der Waals surface area contributed by atoms with Crippen molar-refractivity contribution in [2.75, 3.05) is 52.5 Å². The summed E-state index contributed by atoms with van der Waals surface area (Å²) in [5.41, 5.74) is -0.0132. The summed E-state index contributed by atoms with van der Waals surface area (Å²) in [5, 5.41) is 2.75. The number of nitrogens with one attached hydrogen (secondary N) is 1. The molecule has 0 aromatic heterocycles. The van der Waals surface area contributed by atoms with Crippen LogP contribution in [0, 0.1) is 0 Å². The van der Waals surface area contributed by atoms with Crippen molar-refractivity contribution in [2.24, 2.45) is 0 Å². The molecule has 6 nitrogen and oxygen atoms in total. The third-order valence-electron chi connectivity index (χ3n) is 3.81. The Hall–Kier alpha value is -0.850. The number of carbonyl (C=O) groups is 1. The Labute approximate surface area is 141 Å². The lowest BCUT2D eigenvalue weighted by Gasteiger charge is -2.42. The largest absolute Gasteiger partial charge is 0.447 e. The minimum absolute atomic E-state index is 0.257. The number of hydrogen-bond acceptors (Lipinski definition) is 5. The molecule has 1 saturated heterocycles. The smallest absolute Gasteiger partial charge is 0.407 e. The van der Waals surface area contributed by atoms with E-state index in [9.17, 15) is 4.79 Å². The third-order valence-corrected chi connectivity index (χ3v) is 3.81. The highest BCUT2D eigenvalue weighted by molar-refractivity contribution is 5.67. The van der Waals surface area contributed by atoms with Crippen molar-refractivity contribution in [1.82, 2.24) is 15.1 Å². The molecule has 0 radical (unpaired) electrons. The van der Waals surface area contributed by atoms with E-state index in [1.807, 2.05) is 20.8 Å². The summed E-state index contributed by atoms with van der Waals surface area (Å²) in [7, 11) is 0. The Morgan fingerprint density at radius 3 is 2.09 bits per heavy atom. The minimum Gasteiger partial charge on any atom is -0.447 e. The minimum atomic E-state index is -0.389. The van der Waals surface area contributed by atoms with Crippen LogP contribution in [-0.2, 0) is 9.47 Å². The molecule has 0 atom stereocenters. The molecular formula is C17H35N3O3. The normalized spacial score (nSPS) is 18.0. The Kier molecular flexibility index (Phi) is 7.77. The van der Waals surface area contributed by atoms with Gasteiger partial charge in [-0.25, -0.2) is 4.79 Å². The van der Waals surface area contributed by atoms with Gasteiger partial charge in [0.25, 0.3) is 0 Å². The average molecular weight is 329 g/mol. The van der Waals surface area contributed by atoms with Gasteiger partial charge in [0.2, 0.25) is 0 Å². The summed E-state index contributed by atoms with van der Waals surface area (Å²) >= 11 is 0. The van der Waals surface area contributed by atoms with Gasteiger partial charge in [-0.2, -0.15) is 0 Å². The van der Waals surface area contributed by atoms with Crippen molar-refractivity contribution < 1.29 is 14.3 Å². The molecule has 1 heterocycles. The van der Waals surface area contributed by atoms with Crippen molar-refractivity contribution >= 4 is 6.09 Å². The Morgan fingerprint density at radius 2 is 1.57 bits per heavy atom. The van der Waals surface area contributed by atoms with Gasteiger partial charge < -0.3 is 14.8 Å². The molecule has 0 aromatic carbocycles. The van der Waals surface area contributed by atoms with Gasteiger partial charge in [-0.15, -0.1) is 0 Å². The molecule has 1 aliphatic rings. The number of nitrogens with zero attached hydrogens (tertiary/aromatic N) is 2. The van der Waals surface area contributed by atoms with Crippen molar-refractivity contribution in [3.05, 3.63) is 0 Å². The molecule has 1 fully saturated rings. The summed E-state index contributed by atoms with van der Waals surface area (Å²) in [6.45, 7) is 19.3. The number of piperazine rings is 1. The van der Waals surface area contributed by atoms with Gasteiger partial charge in [0.15, 0.2) is 0 Å². The first kappa shape index (κ1) is 20.2. The van der Waals surface area contributed by atoms with Crippen LogP contribution in [0.15, 0.2) is 0 Å². The lowest BCUT2D eigenvalue weighted by Crippen LogP contribution is -2.53. The van der Waals surface area contributed by atoms with E-state index >= 15 is 0 Å². The van der Waals surface area contributed by atoms with Gasteiger partial charge in [-0.3, -0.25) is 9.80 Å². The molecule has 1 aliphatic heterocycles. The number of carbonyl (C=O) groups excluding carboxylic acids is 1. The van der Waals surface area contributed by atoms with E-state index in [2.05, 4.69) is 35.9 Å². The summed E-state index contributed by atoms with van der Waals surface area (Å²) in [4.78, 5) is 16.4. The van der Waals surface area contributed by atoms with Gasteiger partial charge in [0, 0.05) is 43.8 Å². The molecule has 0 aromatic rings. The van der Waals surface area contributed by atoms with E-state index in [0.717, 1.165) is 32.7 Å². The van der Waals surface area contributed by atoms with Crippen molar-refractivity contribution in [3.8, 4) is 0 Å². The number of rotatable bonds is 6. The highest BCUT2D eigenvalue weighted by Crippen LogP contribution is 2.15. The number of ether oxygens (including phenoxy) is 2. The molecule has 6 heteroatoms. The third kappa shape index (κ3) is 9.13. The molecule has 0 bridgehead atoms. The molecule has 1 amide bonds. The van der Waals surface area contributed by atoms with Crippen LogP contribution in [-0.4, -0.2) is 79.5 Å². The van der Waals surface area contributed by atoms with E-state index in [4.69, 9.17) is 9.47 Å². The SMILES string of the molecule is CC(C)(C)NC(=O)OCCOCCN1CCN(C(C)(C)C)CC1. The summed E-state index contributed by atoms with van der Waals surface area (Å²) < 4.78 is 10.6. The highest BCUT2D eigenvalue weighted by atomic mass is 16.6. The fraction of sp³-hybridized carbons (Fsp3) is 0.941. The second kappa shape index (κ2) is 8.85. The van der Waals surface area contributed by atoms with E-state index in [0.29, 0.717) is 19.8 Å². The maximum absolute atomic E-state index is 11.4. The van der Waals surface area contributed by atoms with Crippen LogP contribution in [0.25, 0.3) is 0 Å². The van der Waals surface area contributed by atoms with Crippen LogP contribution in [0.3, 0.4) is 0 Å². The zero-order valence-corrected chi connectivity index (χ0v) is 15.8. The average Bonchev–Trinajstić information content (AvgIpc) is 2.40. The second-order valence-corrected chi connectivity index (χ2v) is 8.12. The summed E-state index contributed by atoms with van der Waals surface area (Å²) in [6.07, 6.45) is -0.389. The van der Waals surface area contributed by atoms with Crippen LogP contribution in [0.2, 0.25) is 0 Å². The first-order valence-corrected chi connectivity index (χ1v) is 8.58. The van der Waals surface area contributed by atoms with Crippen LogP contribution in [0.1, 0.15) is 41.5 Å². The quantitative estimate of drug-likeness (QED) is 0.755.